The molecule has 156 valence electrons. The molecule has 3 heterocycles. The van der Waals surface area contributed by atoms with E-state index in [-0.39, 0.29) is 24.1 Å². The minimum Gasteiger partial charge on any atom is -0.322 e. The normalized spacial score (nSPS) is 23.1. The Hall–Kier alpha value is -2.25. The Morgan fingerprint density at radius 3 is 2.59 bits per heavy atom. The highest BCUT2D eigenvalue weighted by Gasteiger charge is 2.39. The smallest absolute Gasteiger partial charge is 0.255 e. The van der Waals surface area contributed by atoms with Gasteiger partial charge in [-0.3, -0.25) is 24.6 Å². The maximum Gasteiger partial charge on any atom is 0.255 e. The molecule has 0 aliphatic carbocycles. The number of piperidine rings is 2. The zero-order chi connectivity index (χ0) is 20.5. The van der Waals surface area contributed by atoms with Crippen molar-refractivity contribution in [3.8, 4) is 0 Å². The van der Waals surface area contributed by atoms with Gasteiger partial charge in [-0.25, -0.2) is 0 Å². The van der Waals surface area contributed by atoms with E-state index >= 15 is 0 Å². The van der Waals surface area contributed by atoms with Crippen LogP contribution in [0, 0.1) is 0 Å². The van der Waals surface area contributed by atoms with Crippen molar-refractivity contribution in [3.05, 3.63) is 34.9 Å². The van der Waals surface area contributed by atoms with Gasteiger partial charge in [-0.1, -0.05) is 12.1 Å². The number of fused-ring (bicyclic) bond motifs is 1. The van der Waals surface area contributed by atoms with Crippen LogP contribution in [0.5, 0.6) is 0 Å². The molecule has 4 rings (SSSR count). The Kier molecular flexibility index (Phi) is 5.69. The zero-order valence-electron chi connectivity index (χ0n) is 17.2. The van der Waals surface area contributed by atoms with Crippen LogP contribution in [0.3, 0.4) is 0 Å². The number of carbonyl (C=O) groups excluding carboxylic acids is 3. The first-order chi connectivity index (χ1) is 13.9. The van der Waals surface area contributed by atoms with Gasteiger partial charge in [0.2, 0.25) is 11.8 Å². The van der Waals surface area contributed by atoms with E-state index in [0.717, 1.165) is 38.0 Å². The summed E-state index contributed by atoms with van der Waals surface area (Å²) in [6.07, 6.45) is 2.99. The fraction of sp³-hybridized carbons (Fsp3) is 0.591. The first-order valence-electron chi connectivity index (χ1n) is 10.7. The number of nitrogens with zero attached hydrogens (tertiary/aromatic N) is 2. The highest BCUT2D eigenvalue weighted by atomic mass is 16.2. The van der Waals surface area contributed by atoms with Crippen LogP contribution in [0.4, 0.5) is 0 Å². The highest BCUT2D eigenvalue weighted by molar-refractivity contribution is 6.05. The summed E-state index contributed by atoms with van der Waals surface area (Å²) in [6.45, 7) is 7.90. The minimum atomic E-state index is -0.557. The predicted octanol–water partition coefficient (Wildman–Crippen LogP) is 1.41. The number of nitrogens with one attached hydrogen (secondary N) is 2. The minimum absolute atomic E-state index is 0.111. The summed E-state index contributed by atoms with van der Waals surface area (Å²) in [7, 11) is 0. The summed E-state index contributed by atoms with van der Waals surface area (Å²) >= 11 is 0. The monoisotopic (exact) mass is 398 g/mol. The standard InChI is InChI=1S/C22H30N4O3/c1-14(2)25(17-7-9-23-10-8-17)12-15-3-4-18-16(11-15)13-26(22(18)29)19-5-6-20(27)24-21(19)28/h3-4,11,14,17,19,23H,5-10,12-13H2,1-2H3,(H,24,27,28). The van der Waals surface area contributed by atoms with Crippen molar-refractivity contribution in [1.82, 2.24) is 20.4 Å². The number of hydrogen-bond acceptors (Lipinski definition) is 5. The van der Waals surface area contributed by atoms with E-state index < -0.39 is 6.04 Å². The first kappa shape index (κ1) is 20.0. The van der Waals surface area contributed by atoms with Crippen LogP contribution in [-0.4, -0.2) is 58.7 Å². The molecule has 1 unspecified atom stereocenters. The second-order valence-electron chi connectivity index (χ2n) is 8.64. The van der Waals surface area contributed by atoms with E-state index in [1.54, 1.807) is 4.90 Å². The summed E-state index contributed by atoms with van der Waals surface area (Å²) in [4.78, 5) is 40.7. The lowest BCUT2D eigenvalue weighted by molar-refractivity contribution is -0.136. The molecule has 0 bridgehead atoms. The number of hydrogen-bond donors (Lipinski definition) is 2. The average molecular weight is 399 g/mol. The number of carbonyl (C=O) groups is 3. The Morgan fingerprint density at radius 2 is 1.90 bits per heavy atom. The zero-order valence-corrected chi connectivity index (χ0v) is 17.2. The summed E-state index contributed by atoms with van der Waals surface area (Å²) in [5.41, 5.74) is 2.86. The van der Waals surface area contributed by atoms with Crippen LogP contribution in [0.15, 0.2) is 18.2 Å². The van der Waals surface area contributed by atoms with Crippen molar-refractivity contribution in [2.24, 2.45) is 0 Å². The van der Waals surface area contributed by atoms with Gasteiger partial charge in [-0.05, 0) is 63.4 Å². The molecule has 1 atom stereocenters. The lowest BCUT2D eigenvalue weighted by Gasteiger charge is -2.37. The fourth-order valence-electron chi connectivity index (χ4n) is 4.81. The molecule has 3 aliphatic rings. The number of rotatable bonds is 5. The van der Waals surface area contributed by atoms with Gasteiger partial charge in [-0.2, -0.15) is 0 Å². The van der Waals surface area contributed by atoms with E-state index in [4.69, 9.17) is 0 Å². The van der Waals surface area contributed by atoms with Gasteiger partial charge in [-0.15, -0.1) is 0 Å². The summed E-state index contributed by atoms with van der Waals surface area (Å²) in [5.74, 6) is -0.732. The van der Waals surface area contributed by atoms with E-state index in [0.29, 0.717) is 30.6 Å². The number of benzene rings is 1. The summed E-state index contributed by atoms with van der Waals surface area (Å²) in [6, 6.07) is 6.54. The largest absolute Gasteiger partial charge is 0.322 e. The molecule has 2 saturated heterocycles. The van der Waals surface area contributed by atoms with Crippen molar-refractivity contribution in [3.63, 3.8) is 0 Å². The van der Waals surface area contributed by atoms with Gasteiger partial charge in [0.15, 0.2) is 0 Å². The molecule has 2 fully saturated rings. The van der Waals surface area contributed by atoms with E-state index in [1.165, 1.54) is 5.56 Å². The summed E-state index contributed by atoms with van der Waals surface area (Å²) in [5, 5.41) is 5.79. The van der Waals surface area contributed by atoms with Gasteiger partial charge in [0.05, 0.1) is 0 Å². The second-order valence-corrected chi connectivity index (χ2v) is 8.64. The fourth-order valence-corrected chi connectivity index (χ4v) is 4.81. The van der Waals surface area contributed by atoms with Gasteiger partial charge in [0.25, 0.3) is 5.91 Å². The van der Waals surface area contributed by atoms with E-state index in [9.17, 15) is 14.4 Å². The average Bonchev–Trinajstić information content (AvgIpc) is 3.02. The molecule has 0 aromatic heterocycles. The Balaban J connectivity index is 1.49. The van der Waals surface area contributed by atoms with Crippen LogP contribution < -0.4 is 10.6 Å². The van der Waals surface area contributed by atoms with Gasteiger partial charge in [0.1, 0.15) is 6.04 Å². The number of imide groups is 1. The van der Waals surface area contributed by atoms with Crippen LogP contribution in [-0.2, 0) is 22.7 Å². The first-order valence-corrected chi connectivity index (χ1v) is 10.7. The van der Waals surface area contributed by atoms with Crippen LogP contribution in [0.25, 0.3) is 0 Å². The van der Waals surface area contributed by atoms with Gasteiger partial charge >= 0.3 is 0 Å². The third-order valence-corrected chi connectivity index (χ3v) is 6.39. The van der Waals surface area contributed by atoms with Crippen molar-refractivity contribution in [2.45, 2.75) is 70.7 Å². The van der Waals surface area contributed by atoms with E-state index in [1.807, 2.05) is 12.1 Å². The van der Waals surface area contributed by atoms with Crippen molar-refractivity contribution >= 4 is 17.7 Å². The maximum absolute atomic E-state index is 12.9. The molecule has 0 saturated carbocycles. The van der Waals surface area contributed by atoms with Crippen LogP contribution >= 0.6 is 0 Å². The molecular weight excluding hydrogens is 368 g/mol. The molecular formula is C22H30N4O3. The molecule has 0 radical (unpaired) electrons. The summed E-state index contributed by atoms with van der Waals surface area (Å²) < 4.78 is 0. The molecule has 3 amide bonds. The maximum atomic E-state index is 12.9. The number of amides is 3. The third-order valence-electron chi connectivity index (χ3n) is 6.39. The van der Waals surface area contributed by atoms with Crippen molar-refractivity contribution in [1.29, 1.82) is 0 Å². The second kappa shape index (κ2) is 8.24. The predicted molar refractivity (Wildman–Crippen MR) is 109 cm³/mol. The van der Waals surface area contributed by atoms with E-state index in [2.05, 4.69) is 35.4 Å². The van der Waals surface area contributed by atoms with Gasteiger partial charge in [0, 0.05) is 37.2 Å². The molecule has 1 aromatic carbocycles. The topological polar surface area (TPSA) is 81.8 Å². The van der Waals surface area contributed by atoms with Gasteiger partial charge < -0.3 is 10.2 Å². The molecule has 2 N–H and O–H groups in total. The highest BCUT2D eigenvalue weighted by Crippen LogP contribution is 2.29. The Morgan fingerprint density at radius 1 is 1.14 bits per heavy atom. The molecule has 7 heteroatoms. The molecule has 0 spiro atoms. The molecule has 3 aliphatic heterocycles. The quantitative estimate of drug-likeness (QED) is 0.733. The Labute approximate surface area is 171 Å². The van der Waals surface area contributed by atoms with Crippen LogP contribution in [0.2, 0.25) is 0 Å². The lowest BCUT2D eigenvalue weighted by atomic mass is 10.0. The Bertz CT molecular complexity index is 816. The van der Waals surface area contributed by atoms with Crippen molar-refractivity contribution in [2.75, 3.05) is 13.1 Å². The lowest BCUT2D eigenvalue weighted by Crippen LogP contribution is -2.52. The third kappa shape index (κ3) is 4.07. The van der Waals surface area contributed by atoms with Crippen molar-refractivity contribution < 1.29 is 14.4 Å². The molecule has 7 nitrogen and oxygen atoms in total. The SMILES string of the molecule is CC(C)N(Cc1ccc2c(c1)CN(C1CCC(=O)NC1=O)C2=O)C1CCNCC1. The van der Waals surface area contributed by atoms with Crippen LogP contribution in [0.1, 0.15) is 61.0 Å². The molecule has 29 heavy (non-hydrogen) atoms. The molecule has 1 aromatic rings.